The van der Waals surface area contributed by atoms with E-state index in [1.165, 1.54) is 5.56 Å². The van der Waals surface area contributed by atoms with Gasteiger partial charge in [0.25, 0.3) is 0 Å². The molecule has 5 nitrogen and oxygen atoms in total. The number of ether oxygens (including phenoxy) is 1. The summed E-state index contributed by atoms with van der Waals surface area (Å²) in [5, 5.41) is 12.8. The highest BCUT2D eigenvalue weighted by molar-refractivity contribution is 5.76. The number of rotatable bonds is 4. The Morgan fingerprint density at radius 1 is 1.45 bits per heavy atom. The summed E-state index contributed by atoms with van der Waals surface area (Å²) in [6, 6.07) is 5.90. The Kier molecular flexibility index (Phi) is 3.78. The molecule has 1 fully saturated rings. The fourth-order valence-electron chi connectivity index (χ4n) is 2.84. The maximum Gasteiger partial charge on any atom is 0.317 e. The van der Waals surface area contributed by atoms with Gasteiger partial charge in [-0.05, 0) is 42.5 Å². The van der Waals surface area contributed by atoms with Crippen molar-refractivity contribution in [2.45, 2.75) is 25.4 Å². The molecule has 5 heteroatoms. The van der Waals surface area contributed by atoms with E-state index in [0.717, 1.165) is 37.1 Å². The van der Waals surface area contributed by atoms with Crippen LogP contribution in [0.2, 0.25) is 0 Å². The number of aliphatic hydroxyl groups is 1. The third kappa shape index (κ3) is 2.72. The average Bonchev–Trinajstić information content (AvgIpc) is 2.85. The van der Waals surface area contributed by atoms with Crippen LogP contribution in [0.4, 0.5) is 4.79 Å². The van der Waals surface area contributed by atoms with E-state index in [1.807, 2.05) is 18.2 Å². The van der Waals surface area contributed by atoms with Crippen molar-refractivity contribution in [3.63, 3.8) is 0 Å². The minimum Gasteiger partial charge on any atom is -0.492 e. The lowest BCUT2D eigenvalue weighted by molar-refractivity contribution is 0.156. The van der Waals surface area contributed by atoms with Gasteiger partial charge < -0.3 is 20.1 Å². The van der Waals surface area contributed by atoms with Crippen molar-refractivity contribution < 1.29 is 14.6 Å². The van der Waals surface area contributed by atoms with Gasteiger partial charge in [-0.1, -0.05) is 6.07 Å². The monoisotopic (exact) mass is 276 g/mol. The number of nitrogens with one attached hydrogen (secondary N) is 1. The van der Waals surface area contributed by atoms with Crippen LogP contribution < -0.4 is 10.1 Å². The molecule has 0 saturated carbocycles. The summed E-state index contributed by atoms with van der Waals surface area (Å²) in [7, 11) is 0. The maximum absolute atomic E-state index is 11.4. The predicted molar refractivity (Wildman–Crippen MR) is 74.8 cm³/mol. The Hall–Kier alpha value is -1.75. The van der Waals surface area contributed by atoms with Gasteiger partial charge in [0.2, 0.25) is 0 Å². The first-order valence-corrected chi connectivity index (χ1v) is 7.20. The second kappa shape index (κ2) is 5.71. The minimum absolute atomic E-state index is 0.0190. The molecule has 0 spiro atoms. The number of aliphatic hydroxyl groups excluding tert-OH is 1. The molecular weight excluding hydrogens is 256 g/mol. The molecular formula is C15H20N2O3. The van der Waals surface area contributed by atoms with Crippen LogP contribution in [0.3, 0.4) is 0 Å². The van der Waals surface area contributed by atoms with Crippen LogP contribution in [0.15, 0.2) is 18.2 Å². The van der Waals surface area contributed by atoms with E-state index >= 15 is 0 Å². The largest absolute Gasteiger partial charge is 0.492 e. The molecule has 1 aromatic carbocycles. The molecule has 0 unspecified atom stereocenters. The van der Waals surface area contributed by atoms with Crippen molar-refractivity contribution in [1.82, 2.24) is 10.2 Å². The Labute approximate surface area is 118 Å². The smallest absolute Gasteiger partial charge is 0.317 e. The minimum atomic E-state index is -0.369. The second-order valence-electron chi connectivity index (χ2n) is 5.34. The van der Waals surface area contributed by atoms with E-state index in [4.69, 9.17) is 4.74 Å². The Morgan fingerprint density at radius 2 is 2.35 bits per heavy atom. The highest BCUT2D eigenvalue weighted by Gasteiger charge is 2.20. The number of aryl methyl sites for hydroxylation is 1. The van der Waals surface area contributed by atoms with Gasteiger partial charge in [-0.3, -0.25) is 0 Å². The van der Waals surface area contributed by atoms with Crippen molar-refractivity contribution in [1.29, 1.82) is 0 Å². The van der Waals surface area contributed by atoms with Gasteiger partial charge in [-0.15, -0.1) is 0 Å². The van der Waals surface area contributed by atoms with Crippen molar-refractivity contribution in [2.24, 2.45) is 0 Å². The van der Waals surface area contributed by atoms with Crippen molar-refractivity contribution >= 4 is 6.03 Å². The van der Waals surface area contributed by atoms with Gasteiger partial charge in [-0.2, -0.15) is 0 Å². The number of benzene rings is 1. The molecule has 1 saturated heterocycles. The molecule has 1 atom stereocenters. The summed E-state index contributed by atoms with van der Waals surface area (Å²) in [6.45, 7) is 2.52. The SMILES string of the molecule is O=C1NCCN1CCOc1ccc2c(c1)[C@@H](O)CCC2. The summed E-state index contributed by atoms with van der Waals surface area (Å²) in [6.07, 6.45) is 2.52. The Bertz CT molecular complexity index is 504. The number of amides is 2. The molecule has 2 amide bonds. The summed E-state index contributed by atoms with van der Waals surface area (Å²) < 4.78 is 5.70. The highest BCUT2D eigenvalue weighted by atomic mass is 16.5. The zero-order valence-corrected chi connectivity index (χ0v) is 11.5. The van der Waals surface area contributed by atoms with Gasteiger partial charge in [0.05, 0.1) is 12.6 Å². The number of hydrogen-bond donors (Lipinski definition) is 2. The number of carbonyl (C=O) groups excluding carboxylic acids is 1. The topological polar surface area (TPSA) is 61.8 Å². The maximum atomic E-state index is 11.4. The van der Waals surface area contributed by atoms with Crippen molar-refractivity contribution in [3.8, 4) is 5.75 Å². The summed E-state index contributed by atoms with van der Waals surface area (Å²) in [5.41, 5.74) is 2.21. The first-order valence-electron chi connectivity index (χ1n) is 7.20. The van der Waals surface area contributed by atoms with Crippen molar-refractivity contribution in [2.75, 3.05) is 26.2 Å². The zero-order valence-electron chi connectivity index (χ0n) is 11.5. The third-order valence-electron chi connectivity index (χ3n) is 3.98. The van der Waals surface area contributed by atoms with Crippen LogP contribution in [0, 0.1) is 0 Å². The summed E-state index contributed by atoms with van der Waals surface area (Å²) in [5.74, 6) is 0.768. The number of nitrogens with zero attached hydrogens (tertiary/aromatic N) is 1. The Morgan fingerprint density at radius 3 is 3.15 bits per heavy atom. The van der Waals surface area contributed by atoms with E-state index in [0.29, 0.717) is 19.7 Å². The van der Waals surface area contributed by atoms with Crippen LogP contribution >= 0.6 is 0 Å². The molecule has 3 rings (SSSR count). The van der Waals surface area contributed by atoms with Crippen LogP contribution in [0.25, 0.3) is 0 Å². The molecule has 2 aliphatic rings. The van der Waals surface area contributed by atoms with Crippen LogP contribution in [-0.4, -0.2) is 42.3 Å². The van der Waals surface area contributed by atoms with E-state index in [-0.39, 0.29) is 12.1 Å². The summed E-state index contributed by atoms with van der Waals surface area (Å²) in [4.78, 5) is 13.1. The van der Waals surface area contributed by atoms with Gasteiger partial charge in [-0.25, -0.2) is 4.79 Å². The molecule has 20 heavy (non-hydrogen) atoms. The van der Waals surface area contributed by atoms with Crippen LogP contribution in [0.1, 0.15) is 30.1 Å². The number of fused-ring (bicyclic) bond motifs is 1. The predicted octanol–water partition coefficient (Wildman–Crippen LogP) is 1.46. The molecule has 0 aromatic heterocycles. The van der Waals surface area contributed by atoms with Crippen LogP contribution in [-0.2, 0) is 6.42 Å². The van der Waals surface area contributed by atoms with E-state index < -0.39 is 0 Å². The quantitative estimate of drug-likeness (QED) is 0.875. The lowest BCUT2D eigenvalue weighted by Crippen LogP contribution is -2.31. The lowest BCUT2D eigenvalue weighted by atomic mass is 9.89. The summed E-state index contributed by atoms with van der Waals surface area (Å²) >= 11 is 0. The van der Waals surface area contributed by atoms with E-state index in [1.54, 1.807) is 4.90 Å². The first kappa shape index (κ1) is 13.2. The standard InChI is InChI=1S/C15H20N2O3/c18-14-3-1-2-11-4-5-12(10-13(11)14)20-9-8-17-7-6-16-15(17)19/h4-5,10,14,18H,1-3,6-9H2,(H,16,19)/t14-/m0/s1. The molecule has 1 aliphatic carbocycles. The Balaban J connectivity index is 1.58. The van der Waals surface area contributed by atoms with Gasteiger partial charge in [0.1, 0.15) is 12.4 Å². The molecule has 108 valence electrons. The molecule has 1 heterocycles. The number of hydrogen-bond acceptors (Lipinski definition) is 3. The third-order valence-corrected chi connectivity index (χ3v) is 3.98. The van der Waals surface area contributed by atoms with E-state index in [2.05, 4.69) is 5.32 Å². The first-order chi connectivity index (χ1) is 9.74. The molecule has 1 aromatic rings. The van der Waals surface area contributed by atoms with Crippen molar-refractivity contribution in [3.05, 3.63) is 29.3 Å². The fraction of sp³-hybridized carbons (Fsp3) is 0.533. The van der Waals surface area contributed by atoms with Crippen LogP contribution in [0.5, 0.6) is 5.75 Å². The lowest BCUT2D eigenvalue weighted by Gasteiger charge is -2.22. The molecule has 1 aliphatic heterocycles. The molecule has 0 radical (unpaired) electrons. The highest BCUT2D eigenvalue weighted by Crippen LogP contribution is 2.32. The number of carbonyl (C=O) groups is 1. The van der Waals surface area contributed by atoms with Gasteiger partial charge in [0, 0.05) is 13.1 Å². The van der Waals surface area contributed by atoms with Gasteiger partial charge in [0.15, 0.2) is 0 Å². The zero-order chi connectivity index (χ0) is 13.9. The molecule has 0 bridgehead atoms. The number of urea groups is 1. The normalized spacial score (nSPS) is 21.6. The van der Waals surface area contributed by atoms with E-state index in [9.17, 15) is 9.90 Å². The van der Waals surface area contributed by atoms with Gasteiger partial charge >= 0.3 is 6.03 Å². The second-order valence-corrected chi connectivity index (χ2v) is 5.34. The fourth-order valence-corrected chi connectivity index (χ4v) is 2.84. The average molecular weight is 276 g/mol. The molecule has 2 N–H and O–H groups in total.